The summed E-state index contributed by atoms with van der Waals surface area (Å²) in [5, 5.41) is 0. The zero-order chi connectivity index (χ0) is 43.9. The Hall–Kier alpha value is -2.39. The minimum absolute atomic E-state index is 0. The van der Waals surface area contributed by atoms with Crippen molar-refractivity contribution in [2.24, 2.45) is 0 Å². The summed E-state index contributed by atoms with van der Waals surface area (Å²) < 4.78 is 67.0. The first kappa shape index (κ1) is 56.6. The number of imide groups is 1. The van der Waals surface area contributed by atoms with Gasteiger partial charge in [0, 0.05) is 27.4 Å². The van der Waals surface area contributed by atoms with E-state index in [4.69, 9.17) is 56.8 Å². The number of unbranched alkanes of at least 4 members (excludes halogenated alkanes) is 2. The maximum atomic E-state index is 13.3. The predicted molar refractivity (Wildman–Crippen MR) is 210 cm³/mol. The number of carbonyl (C=O) groups excluding carboxylic acids is 4. The number of carbonyl (C=O) groups is 4. The lowest BCUT2D eigenvalue weighted by Crippen LogP contribution is -3.00. The third-order valence-electron chi connectivity index (χ3n) is 8.37. The maximum absolute atomic E-state index is 13.3. The van der Waals surface area contributed by atoms with Crippen LogP contribution < -0.4 is 18.1 Å². The van der Waals surface area contributed by atoms with E-state index in [1.165, 1.54) is 0 Å². The van der Waals surface area contributed by atoms with Crippen molar-refractivity contribution in [2.75, 3.05) is 80.3 Å². The maximum Gasteiger partial charge on any atom is 0.420 e. The molecule has 2 amide bonds. The van der Waals surface area contributed by atoms with E-state index in [1.54, 1.807) is 62.7 Å². The van der Waals surface area contributed by atoms with Gasteiger partial charge >= 0.3 is 24.1 Å². The molecule has 0 saturated carbocycles. The first-order valence-electron chi connectivity index (χ1n) is 20.4. The van der Waals surface area contributed by atoms with Crippen molar-refractivity contribution in [3.8, 4) is 0 Å². The number of hydrogen-bond acceptors (Lipinski definition) is 16. The number of esters is 2. The highest BCUT2D eigenvalue weighted by atomic mass is 35.5. The van der Waals surface area contributed by atoms with E-state index in [2.05, 4.69) is 12.7 Å². The molecule has 2 fully saturated rings. The zero-order valence-electron chi connectivity index (χ0n) is 37.6. The summed E-state index contributed by atoms with van der Waals surface area (Å²) >= 11 is 0. The number of amides is 2. The van der Waals surface area contributed by atoms with E-state index in [-0.39, 0.29) is 57.0 Å². The van der Waals surface area contributed by atoms with Gasteiger partial charge in [-0.3, -0.25) is 0 Å². The van der Waals surface area contributed by atoms with Crippen molar-refractivity contribution in [1.29, 1.82) is 0 Å². The predicted octanol–water partition coefficient (Wildman–Crippen LogP) is 0.486. The number of quaternary nitrogens is 1. The van der Waals surface area contributed by atoms with Crippen LogP contribution in [0.3, 0.4) is 0 Å². The molecule has 0 bridgehead atoms. The SMILES string of the molecule is CCCCO[C@H]1COC[C@H](N(C(=O)OC(C)(C)C)C(=O)OC(C)(C)C)C(=O)O[C@@H](C)[C@@H]1OCCOC.CCCCO[C@H]1COC[C@H]([NH3+])C(=O)O[C@@H](C)[C@@H]1OCCOC.[Cl-]. The first-order valence-corrected chi connectivity index (χ1v) is 20.4. The smallest absolute Gasteiger partial charge is 0.420 e. The molecule has 0 aromatic carbocycles. The summed E-state index contributed by atoms with van der Waals surface area (Å²) in [4.78, 5) is 51.9. The standard InChI is InChI=1S/C25H45NO10.C15H29NO6.ClH/c1-10-11-12-32-19-16-31-15-18(21(27)34-17(2)20(19)33-14-13-30-9)26(22(28)35-24(3,4)5)23(29)36-25(6,7)8;1-4-5-6-20-13-10-19-9-12(16)15(17)22-11(2)14(13)21-8-7-18-3;/h17-20H,10-16H2,1-9H3;11-14H,4-10,16H2,1-3H3;1H/t17-,18-,19-,20-;11-,12-,13-,14-;/m00./s1. The Labute approximate surface area is 357 Å². The van der Waals surface area contributed by atoms with Gasteiger partial charge in [-0.25, -0.2) is 19.2 Å². The highest BCUT2D eigenvalue weighted by Crippen LogP contribution is 2.22. The Morgan fingerprint density at radius 1 is 0.644 bits per heavy atom. The molecule has 0 aromatic heterocycles. The van der Waals surface area contributed by atoms with E-state index in [9.17, 15) is 19.2 Å². The van der Waals surface area contributed by atoms with Crippen LogP contribution in [-0.4, -0.2) is 169 Å². The van der Waals surface area contributed by atoms with Gasteiger partial charge in [0.1, 0.15) is 54.4 Å². The third kappa shape index (κ3) is 22.9. The highest BCUT2D eigenvalue weighted by molar-refractivity contribution is 5.94. The fraction of sp³-hybridized carbons (Fsp3) is 0.900. The molecule has 2 aliphatic heterocycles. The van der Waals surface area contributed by atoms with Crippen molar-refractivity contribution in [3.05, 3.63) is 0 Å². The summed E-state index contributed by atoms with van der Waals surface area (Å²) in [5.41, 5.74) is 1.91. The molecule has 59 heavy (non-hydrogen) atoms. The van der Waals surface area contributed by atoms with Crippen LogP contribution >= 0.6 is 0 Å². The average molecular weight is 875 g/mol. The van der Waals surface area contributed by atoms with E-state index >= 15 is 0 Å². The van der Waals surface area contributed by atoms with Gasteiger partial charge in [-0.15, -0.1) is 0 Å². The van der Waals surface area contributed by atoms with Gasteiger partial charge in [-0.05, 0) is 68.2 Å². The molecule has 18 nitrogen and oxygen atoms in total. The summed E-state index contributed by atoms with van der Waals surface area (Å²) in [7, 11) is 3.17. The van der Waals surface area contributed by atoms with Crippen LogP contribution in [0.2, 0.25) is 0 Å². The van der Waals surface area contributed by atoms with Gasteiger partial charge in [0.25, 0.3) is 0 Å². The molecule has 19 heteroatoms. The molecule has 2 heterocycles. The number of cyclic esters (lactones) is 2. The Morgan fingerprint density at radius 3 is 1.44 bits per heavy atom. The number of methoxy groups -OCH3 is 2. The molecule has 0 radical (unpaired) electrons. The van der Waals surface area contributed by atoms with E-state index in [0.29, 0.717) is 44.5 Å². The molecule has 348 valence electrons. The Bertz CT molecular complexity index is 1160. The number of halogens is 1. The molecular weight excluding hydrogens is 800 g/mol. The first-order chi connectivity index (χ1) is 27.3. The van der Waals surface area contributed by atoms with Crippen molar-refractivity contribution >= 4 is 24.1 Å². The molecule has 0 aliphatic carbocycles. The van der Waals surface area contributed by atoms with Gasteiger partial charge < -0.3 is 75.0 Å². The molecule has 3 N–H and O–H groups in total. The van der Waals surface area contributed by atoms with E-state index < -0.39 is 65.9 Å². The Morgan fingerprint density at radius 2 is 1.05 bits per heavy atom. The van der Waals surface area contributed by atoms with Crippen LogP contribution in [0, 0.1) is 0 Å². The molecule has 0 spiro atoms. The number of ether oxygens (including phenoxy) is 12. The molecule has 0 aromatic rings. The molecule has 0 unspecified atom stereocenters. The van der Waals surface area contributed by atoms with Crippen LogP contribution in [-0.2, 0) is 66.4 Å². The number of hydrogen-bond donors (Lipinski definition) is 1. The number of nitrogens with zero attached hydrogens (tertiary/aromatic N) is 1. The second-order valence-corrected chi connectivity index (χ2v) is 16.1. The summed E-state index contributed by atoms with van der Waals surface area (Å²) in [6, 6.07) is -1.97. The van der Waals surface area contributed by atoms with Gasteiger partial charge in [0.2, 0.25) is 6.04 Å². The second-order valence-electron chi connectivity index (χ2n) is 16.1. The topological polar surface area (TPSA) is 210 Å². The van der Waals surface area contributed by atoms with Crippen molar-refractivity contribution in [1.82, 2.24) is 4.90 Å². The lowest BCUT2D eigenvalue weighted by atomic mass is 10.1. The lowest BCUT2D eigenvalue weighted by molar-refractivity contribution is -0.415. The Balaban J connectivity index is 0.00000125. The minimum atomic E-state index is -1.44. The van der Waals surface area contributed by atoms with Gasteiger partial charge in [-0.2, -0.15) is 4.90 Å². The summed E-state index contributed by atoms with van der Waals surface area (Å²) in [6.45, 7) is 20.4. The third-order valence-corrected chi connectivity index (χ3v) is 8.37. The molecule has 2 rings (SSSR count). The van der Waals surface area contributed by atoms with Crippen LogP contribution in [0.15, 0.2) is 0 Å². The second kappa shape index (κ2) is 29.8. The highest BCUT2D eigenvalue weighted by Gasteiger charge is 2.44. The lowest BCUT2D eigenvalue weighted by Gasteiger charge is -2.32. The van der Waals surface area contributed by atoms with Crippen molar-refractivity contribution in [2.45, 2.75) is 155 Å². The molecule has 2 aliphatic rings. The normalized spacial score (nSPS) is 25.7. The fourth-order valence-electron chi connectivity index (χ4n) is 5.42. The molecular formula is C40H75ClN2O16. The van der Waals surface area contributed by atoms with Gasteiger partial charge in [0.05, 0.1) is 46.2 Å². The fourth-order valence-corrected chi connectivity index (χ4v) is 5.42. The van der Waals surface area contributed by atoms with Gasteiger partial charge in [-0.1, -0.05) is 26.7 Å². The van der Waals surface area contributed by atoms with E-state index in [0.717, 1.165) is 25.7 Å². The largest absolute Gasteiger partial charge is 1.00 e. The molecule has 8 atom stereocenters. The minimum Gasteiger partial charge on any atom is -1.00 e. The van der Waals surface area contributed by atoms with Crippen LogP contribution in [0.25, 0.3) is 0 Å². The van der Waals surface area contributed by atoms with Crippen molar-refractivity contribution < 1.29 is 94.2 Å². The average Bonchev–Trinajstić information content (AvgIpc) is 3.20. The Kier molecular flexibility index (Phi) is 28.6. The summed E-state index contributed by atoms with van der Waals surface area (Å²) in [6.07, 6.45) is -1.37. The molecule has 2 saturated heterocycles. The quantitative estimate of drug-likeness (QED) is 0.120. The van der Waals surface area contributed by atoms with Crippen LogP contribution in [0.1, 0.15) is 94.9 Å². The van der Waals surface area contributed by atoms with Gasteiger partial charge in [0.15, 0.2) is 6.04 Å². The summed E-state index contributed by atoms with van der Waals surface area (Å²) in [5.74, 6) is -1.23. The van der Waals surface area contributed by atoms with E-state index in [1.807, 2.05) is 13.8 Å². The van der Waals surface area contributed by atoms with Crippen LogP contribution in [0.5, 0.6) is 0 Å². The zero-order valence-corrected chi connectivity index (χ0v) is 38.3. The van der Waals surface area contributed by atoms with Crippen LogP contribution in [0.4, 0.5) is 9.59 Å². The van der Waals surface area contributed by atoms with Crippen molar-refractivity contribution in [3.63, 3.8) is 0 Å². The monoisotopic (exact) mass is 874 g/mol. The number of rotatable bonds is 17.